The average molecular weight is 396 g/mol. The standard InChI is InChI=1S/C17H15F3N4O2S/c1-3-26-15(25)13(8-11-4-6-12(7-5-11)17(18,19)20)14-9-27-16-22-21-10(2)24(16)23-14/h4-8H,3,9H2,1-2H3/b13-8-. The number of fused-ring (bicyclic) bond motifs is 1. The van der Waals surface area contributed by atoms with Crippen LogP contribution in [0.5, 0.6) is 0 Å². The average Bonchev–Trinajstić information content (AvgIpc) is 3.00. The molecule has 1 aromatic heterocycles. The Labute approximate surface area is 157 Å². The van der Waals surface area contributed by atoms with Gasteiger partial charge in [-0.2, -0.15) is 22.9 Å². The smallest absolute Gasteiger partial charge is 0.416 e. The van der Waals surface area contributed by atoms with Crippen LogP contribution < -0.4 is 0 Å². The number of hydrogen-bond acceptors (Lipinski definition) is 6. The van der Waals surface area contributed by atoms with Crippen molar-refractivity contribution in [2.75, 3.05) is 12.4 Å². The molecule has 1 aliphatic rings. The van der Waals surface area contributed by atoms with Gasteiger partial charge in [0.05, 0.1) is 23.5 Å². The van der Waals surface area contributed by atoms with Gasteiger partial charge in [-0.1, -0.05) is 23.9 Å². The molecule has 0 atom stereocenters. The van der Waals surface area contributed by atoms with E-state index in [1.54, 1.807) is 13.8 Å². The Balaban J connectivity index is 2.00. The number of carbonyl (C=O) groups is 1. The minimum atomic E-state index is -4.42. The summed E-state index contributed by atoms with van der Waals surface area (Å²) in [5.41, 5.74) is 0.300. The molecule has 2 aromatic rings. The predicted molar refractivity (Wildman–Crippen MR) is 94.4 cm³/mol. The molecule has 0 saturated carbocycles. The molecule has 0 fully saturated rings. The minimum Gasteiger partial charge on any atom is -0.462 e. The highest BCUT2D eigenvalue weighted by molar-refractivity contribution is 7.99. The SMILES string of the molecule is CCOC(=O)/C(=C\c1ccc(C(F)(F)F)cc1)C1=Nn2c(C)nnc2SC1. The van der Waals surface area contributed by atoms with Crippen molar-refractivity contribution < 1.29 is 22.7 Å². The minimum absolute atomic E-state index is 0.167. The third kappa shape index (κ3) is 4.21. The number of halogens is 3. The maximum Gasteiger partial charge on any atom is 0.416 e. The van der Waals surface area contributed by atoms with E-state index < -0.39 is 17.7 Å². The molecule has 3 rings (SSSR count). The summed E-state index contributed by atoms with van der Waals surface area (Å²) in [7, 11) is 0. The lowest BCUT2D eigenvalue weighted by Gasteiger charge is -2.15. The summed E-state index contributed by atoms with van der Waals surface area (Å²) in [6, 6.07) is 4.53. The molecule has 0 spiro atoms. The van der Waals surface area contributed by atoms with E-state index in [0.29, 0.717) is 28.0 Å². The molecule has 6 nitrogen and oxygen atoms in total. The summed E-state index contributed by atoms with van der Waals surface area (Å²) in [6.45, 7) is 3.57. The number of carbonyl (C=O) groups excluding carboxylic acids is 1. The summed E-state index contributed by atoms with van der Waals surface area (Å²) in [4.78, 5) is 12.4. The van der Waals surface area contributed by atoms with Crippen LogP contribution in [0.15, 0.2) is 40.1 Å². The highest BCUT2D eigenvalue weighted by atomic mass is 32.2. The van der Waals surface area contributed by atoms with E-state index >= 15 is 0 Å². The van der Waals surface area contributed by atoms with Gasteiger partial charge in [0.1, 0.15) is 0 Å². The molecule has 142 valence electrons. The van der Waals surface area contributed by atoms with Crippen molar-refractivity contribution in [2.45, 2.75) is 25.2 Å². The Kier molecular flexibility index (Phi) is 5.36. The maximum atomic E-state index is 12.7. The maximum absolute atomic E-state index is 12.7. The lowest BCUT2D eigenvalue weighted by molar-refractivity contribution is -0.138. The van der Waals surface area contributed by atoms with E-state index in [9.17, 15) is 18.0 Å². The van der Waals surface area contributed by atoms with Gasteiger partial charge in [-0.05, 0) is 37.6 Å². The number of alkyl halides is 3. The van der Waals surface area contributed by atoms with Crippen LogP contribution in [0.4, 0.5) is 13.2 Å². The van der Waals surface area contributed by atoms with Gasteiger partial charge in [-0.15, -0.1) is 10.2 Å². The fourth-order valence-corrected chi connectivity index (χ4v) is 3.23. The molecule has 0 bridgehead atoms. The molecular weight excluding hydrogens is 381 g/mol. The summed E-state index contributed by atoms with van der Waals surface area (Å²) in [6.07, 6.45) is -2.94. The van der Waals surface area contributed by atoms with Crippen LogP contribution in [-0.4, -0.2) is 38.9 Å². The second kappa shape index (κ2) is 7.55. The zero-order valence-electron chi connectivity index (χ0n) is 14.4. The first kappa shape index (κ1) is 19.2. The topological polar surface area (TPSA) is 69.4 Å². The van der Waals surface area contributed by atoms with E-state index in [1.807, 2.05) is 0 Å². The molecule has 0 saturated heterocycles. The van der Waals surface area contributed by atoms with Gasteiger partial charge in [-0.3, -0.25) is 0 Å². The van der Waals surface area contributed by atoms with Gasteiger partial charge in [0.2, 0.25) is 5.16 Å². The van der Waals surface area contributed by atoms with Crippen LogP contribution in [-0.2, 0) is 15.7 Å². The molecule has 27 heavy (non-hydrogen) atoms. The fraction of sp³-hybridized carbons (Fsp3) is 0.294. The number of rotatable bonds is 4. The zero-order valence-corrected chi connectivity index (χ0v) is 15.3. The van der Waals surface area contributed by atoms with Gasteiger partial charge in [-0.25, -0.2) is 4.79 Å². The molecular formula is C17H15F3N4O2S. The second-order valence-corrected chi connectivity index (χ2v) is 6.52. The zero-order chi connectivity index (χ0) is 19.6. The first-order chi connectivity index (χ1) is 12.8. The van der Waals surface area contributed by atoms with Gasteiger partial charge in [0.15, 0.2) is 5.82 Å². The Morgan fingerprint density at radius 3 is 2.63 bits per heavy atom. The highest BCUT2D eigenvalue weighted by Gasteiger charge is 2.30. The number of hydrogen-bond donors (Lipinski definition) is 0. The molecule has 0 radical (unpaired) electrons. The van der Waals surface area contributed by atoms with Crippen LogP contribution in [0, 0.1) is 6.92 Å². The summed E-state index contributed by atoms with van der Waals surface area (Å²) in [5, 5.41) is 12.9. The third-order valence-corrected chi connectivity index (χ3v) is 4.61. The normalized spacial score (nSPS) is 14.6. The largest absolute Gasteiger partial charge is 0.462 e. The van der Waals surface area contributed by atoms with Gasteiger partial charge in [0.25, 0.3) is 0 Å². The fourth-order valence-electron chi connectivity index (χ4n) is 2.36. The van der Waals surface area contributed by atoms with Crippen molar-refractivity contribution >= 4 is 29.5 Å². The molecule has 1 aliphatic heterocycles. The van der Waals surface area contributed by atoms with Crippen LogP contribution in [0.3, 0.4) is 0 Å². The van der Waals surface area contributed by atoms with Gasteiger partial charge in [0, 0.05) is 5.75 Å². The summed E-state index contributed by atoms with van der Waals surface area (Å²) >= 11 is 1.36. The number of nitrogens with zero attached hydrogens (tertiary/aromatic N) is 4. The molecule has 0 aliphatic carbocycles. The van der Waals surface area contributed by atoms with Crippen molar-refractivity contribution in [2.24, 2.45) is 5.10 Å². The lowest BCUT2D eigenvalue weighted by atomic mass is 10.1. The van der Waals surface area contributed by atoms with E-state index in [-0.39, 0.29) is 12.2 Å². The second-order valence-electron chi connectivity index (χ2n) is 5.58. The number of aromatic nitrogens is 3. The number of benzene rings is 1. The van der Waals surface area contributed by atoms with E-state index in [4.69, 9.17) is 4.74 Å². The van der Waals surface area contributed by atoms with Gasteiger partial charge < -0.3 is 4.74 Å². The quantitative estimate of drug-likeness (QED) is 0.584. The van der Waals surface area contributed by atoms with Crippen LogP contribution in [0.25, 0.3) is 6.08 Å². The van der Waals surface area contributed by atoms with Crippen LogP contribution >= 0.6 is 11.8 Å². The summed E-state index contributed by atoms with van der Waals surface area (Å²) < 4.78 is 44.8. The van der Waals surface area contributed by atoms with Crippen LogP contribution in [0.1, 0.15) is 23.9 Å². The van der Waals surface area contributed by atoms with Crippen molar-refractivity contribution in [3.63, 3.8) is 0 Å². The predicted octanol–water partition coefficient (Wildman–Crippen LogP) is 3.56. The molecule has 0 amide bonds. The van der Waals surface area contributed by atoms with Crippen molar-refractivity contribution in [1.29, 1.82) is 0 Å². The molecule has 0 unspecified atom stereocenters. The molecule has 2 heterocycles. The molecule has 10 heteroatoms. The number of esters is 1. The monoisotopic (exact) mass is 396 g/mol. The Morgan fingerprint density at radius 2 is 2.00 bits per heavy atom. The van der Waals surface area contributed by atoms with Crippen molar-refractivity contribution in [3.8, 4) is 0 Å². The number of thioether (sulfide) groups is 1. The number of ether oxygens (including phenoxy) is 1. The lowest BCUT2D eigenvalue weighted by Crippen LogP contribution is -2.21. The first-order valence-electron chi connectivity index (χ1n) is 7.98. The van der Waals surface area contributed by atoms with Crippen LogP contribution in [0.2, 0.25) is 0 Å². The van der Waals surface area contributed by atoms with Gasteiger partial charge >= 0.3 is 12.1 Å². The van der Waals surface area contributed by atoms with Crippen molar-refractivity contribution in [3.05, 3.63) is 46.8 Å². The number of aryl methyl sites for hydroxylation is 1. The molecule has 1 aromatic carbocycles. The Morgan fingerprint density at radius 1 is 1.30 bits per heavy atom. The Hall–Kier alpha value is -2.62. The molecule has 0 N–H and O–H groups in total. The first-order valence-corrected chi connectivity index (χ1v) is 8.97. The summed E-state index contributed by atoms with van der Waals surface area (Å²) in [5.74, 6) is 0.335. The highest BCUT2D eigenvalue weighted by Crippen LogP contribution is 2.30. The van der Waals surface area contributed by atoms with E-state index in [2.05, 4.69) is 15.3 Å². The van der Waals surface area contributed by atoms with E-state index in [0.717, 1.165) is 12.1 Å². The van der Waals surface area contributed by atoms with E-state index in [1.165, 1.54) is 34.6 Å². The van der Waals surface area contributed by atoms with Crippen molar-refractivity contribution in [1.82, 2.24) is 14.9 Å². The Bertz CT molecular complexity index is 917. The third-order valence-electron chi connectivity index (χ3n) is 3.68.